The number of nitrogens with one attached hydrogen (secondary N) is 1. The summed E-state index contributed by atoms with van der Waals surface area (Å²) in [6.07, 6.45) is -5.41. The van der Waals surface area contributed by atoms with Gasteiger partial charge < -0.3 is 11.1 Å². The Morgan fingerprint density at radius 1 is 1.15 bits per heavy atom. The van der Waals surface area contributed by atoms with Crippen LogP contribution in [0.25, 0.3) is 22.4 Å². The lowest BCUT2D eigenvalue weighted by molar-refractivity contribution is -0.137. The number of nitrogens with two attached hydrogens (primary N) is 1. The van der Waals surface area contributed by atoms with Crippen LogP contribution in [-0.4, -0.2) is 31.8 Å². The number of aromatic nitrogens is 4. The van der Waals surface area contributed by atoms with Gasteiger partial charge in [0.1, 0.15) is 22.7 Å². The zero-order valence-corrected chi connectivity index (χ0v) is 18.6. The molecule has 3 N–H and O–H groups in total. The highest BCUT2D eigenvalue weighted by atomic mass is 35.5. The molecular formula is C23H18ClF3N6O. The number of amides is 1. The van der Waals surface area contributed by atoms with E-state index in [0.717, 1.165) is 5.56 Å². The maximum Gasteiger partial charge on any atom is 0.390 e. The van der Waals surface area contributed by atoms with Crippen LogP contribution in [0.3, 0.4) is 0 Å². The predicted octanol–water partition coefficient (Wildman–Crippen LogP) is 4.94. The molecule has 1 atom stereocenters. The molecule has 0 spiro atoms. The molecule has 174 valence electrons. The van der Waals surface area contributed by atoms with E-state index in [9.17, 15) is 18.0 Å². The molecule has 2 aromatic heterocycles. The van der Waals surface area contributed by atoms with Crippen LogP contribution >= 0.6 is 11.6 Å². The Morgan fingerprint density at radius 3 is 2.59 bits per heavy atom. The molecule has 5 rings (SSSR count). The summed E-state index contributed by atoms with van der Waals surface area (Å²) in [6.45, 7) is 1.34. The molecule has 1 amide bonds. The van der Waals surface area contributed by atoms with E-state index < -0.39 is 24.6 Å². The summed E-state index contributed by atoms with van der Waals surface area (Å²) < 4.78 is 39.8. The van der Waals surface area contributed by atoms with Gasteiger partial charge in [0.05, 0.1) is 24.0 Å². The topological polar surface area (TPSA) is 98.7 Å². The second kappa shape index (κ2) is 7.69. The van der Waals surface area contributed by atoms with Gasteiger partial charge in [0.2, 0.25) is 5.91 Å². The average Bonchev–Trinajstić information content (AvgIpc) is 3.27. The zero-order valence-electron chi connectivity index (χ0n) is 17.8. The van der Waals surface area contributed by atoms with Crippen LogP contribution in [0.1, 0.15) is 24.5 Å². The molecule has 34 heavy (non-hydrogen) atoms. The van der Waals surface area contributed by atoms with Gasteiger partial charge in [-0.1, -0.05) is 41.9 Å². The number of hydrogen-bond donors (Lipinski definition) is 2. The second-order valence-electron chi connectivity index (χ2n) is 8.20. The smallest absolute Gasteiger partial charge is 0.383 e. The molecule has 0 aliphatic carbocycles. The van der Waals surface area contributed by atoms with Crippen LogP contribution < -0.4 is 11.1 Å². The Labute approximate surface area is 196 Å². The number of rotatable bonds is 4. The van der Waals surface area contributed by atoms with E-state index in [1.165, 1.54) is 10.7 Å². The molecule has 11 heteroatoms. The molecule has 0 fully saturated rings. The fourth-order valence-electron chi connectivity index (χ4n) is 4.28. The van der Waals surface area contributed by atoms with Crippen molar-refractivity contribution in [3.8, 4) is 11.5 Å². The molecule has 7 nitrogen and oxygen atoms in total. The number of hydrogen-bond acceptors (Lipinski definition) is 5. The third-order valence-corrected chi connectivity index (χ3v) is 6.24. The fourth-order valence-corrected chi connectivity index (χ4v) is 4.44. The molecule has 2 aromatic carbocycles. The van der Waals surface area contributed by atoms with Gasteiger partial charge in [-0.25, -0.2) is 9.97 Å². The lowest BCUT2D eigenvalue weighted by Crippen LogP contribution is -2.32. The van der Waals surface area contributed by atoms with Gasteiger partial charge >= 0.3 is 6.18 Å². The Kier molecular flexibility index (Phi) is 5.01. The molecule has 0 bridgehead atoms. The van der Waals surface area contributed by atoms with E-state index in [1.54, 1.807) is 19.1 Å². The maximum atomic E-state index is 13.0. The lowest BCUT2D eigenvalue weighted by atomic mass is 9.78. The van der Waals surface area contributed by atoms with Crippen molar-refractivity contribution in [3.63, 3.8) is 0 Å². The first-order valence-electron chi connectivity index (χ1n) is 10.4. The van der Waals surface area contributed by atoms with Crippen molar-refractivity contribution in [1.29, 1.82) is 0 Å². The number of halogens is 4. The Morgan fingerprint density at radius 2 is 1.88 bits per heavy atom. The van der Waals surface area contributed by atoms with Crippen LogP contribution in [0.15, 0.2) is 48.5 Å². The summed E-state index contributed by atoms with van der Waals surface area (Å²) in [6, 6.07) is 13.9. The maximum absolute atomic E-state index is 13.0. The standard InChI is InChI=1S/C23H18ClF3N6O/c1-22(12-5-3-2-4-6-12)16-18(28)29-20(30-19(16)31-21(22)34)17-14-8-7-13(24)11-15(14)33(32-17)10-9-23(25,26)27/h2-8,11H,9-10H2,1H3,(H3,28,29,30,31,34). The van der Waals surface area contributed by atoms with Crippen LogP contribution in [0, 0.1) is 0 Å². The van der Waals surface area contributed by atoms with Crippen molar-refractivity contribution in [3.05, 3.63) is 64.7 Å². The number of fused-ring (bicyclic) bond motifs is 2. The molecule has 3 heterocycles. The summed E-state index contributed by atoms with van der Waals surface area (Å²) in [5.74, 6) is 0.105. The van der Waals surface area contributed by atoms with Crippen LogP contribution in [0.4, 0.5) is 24.8 Å². The van der Waals surface area contributed by atoms with Crippen molar-refractivity contribution >= 4 is 40.0 Å². The summed E-state index contributed by atoms with van der Waals surface area (Å²) >= 11 is 6.08. The Hall–Kier alpha value is -3.66. The number of carbonyl (C=O) groups is 1. The monoisotopic (exact) mass is 486 g/mol. The van der Waals surface area contributed by atoms with E-state index in [1.807, 2.05) is 30.3 Å². The number of nitrogens with zero attached hydrogens (tertiary/aromatic N) is 4. The highest BCUT2D eigenvalue weighted by Crippen LogP contribution is 2.45. The van der Waals surface area contributed by atoms with Crippen molar-refractivity contribution in [2.24, 2.45) is 0 Å². The lowest BCUT2D eigenvalue weighted by Gasteiger charge is -2.23. The van der Waals surface area contributed by atoms with Crippen molar-refractivity contribution in [1.82, 2.24) is 19.7 Å². The number of carbonyl (C=O) groups excluding carboxylic acids is 1. The van der Waals surface area contributed by atoms with Crippen molar-refractivity contribution in [2.45, 2.75) is 31.5 Å². The van der Waals surface area contributed by atoms with Crippen molar-refractivity contribution < 1.29 is 18.0 Å². The zero-order chi connectivity index (χ0) is 24.3. The molecule has 0 saturated heterocycles. The predicted molar refractivity (Wildman–Crippen MR) is 122 cm³/mol. The number of nitrogen functional groups attached to an aromatic ring is 1. The normalized spacial score (nSPS) is 17.7. The largest absolute Gasteiger partial charge is 0.390 e. The molecular weight excluding hydrogens is 469 g/mol. The fraction of sp³-hybridized carbons (Fsp3) is 0.217. The van der Waals surface area contributed by atoms with Crippen LogP contribution in [-0.2, 0) is 16.8 Å². The molecule has 0 saturated carbocycles. The first kappa shape index (κ1) is 22.1. The van der Waals surface area contributed by atoms with Crippen molar-refractivity contribution in [2.75, 3.05) is 11.1 Å². The van der Waals surface area contributed by atoms with E-state index in [0.29, 0.717) is 21.5 Å². The molecule has 1 aliphatic rings. The molecule has 1 aliphatic heterocycles. The van der Waals surface area contributed by atoms with Gasteiger partial charge in [-0.05, 0) is 30.7 Å². The van der Waals surface area contributed by atoms with Gasteiger partial charge in [-0.15, -0.1) is 0 Å². The first-order chi connectivity index (χ1) is 16.1. The second-order valence-corrected chi connectivity index (χ2v) is 8.64. The van der Waals surface area contributed by atoms with Crippen LogP contribution in [0.5, 0.6) is 0 Å². The Balaban J connectivity index is 1.65. The van der Waals surface area contributed by atoms with Gasteiger partial charge in [-0.2, -0.15) is 18.3 Å². The van der Waals surface area contributed by atoms with E-state index >= 15 is 0 Å². The SMILES string of the molecule is CC1(c2ccccc2)C(=O)Nc2nc(-c3nn(CCC(F)(F)F)c4cc(Cl)ccc34)nc(N)c21. The number of anilines is 2. The Bertz CT molecular complexity index is 1440. The van der Waals surface area contributed by atoms with Gasteiger partial charge in [0.25, 0.3) is 0 Å². The number of benzene rings is 2. The average molecular weight is 487 g/mol. The minimum atomic E-state index is -4.35. The van der Waals surface area contributed by atoms with E-state index in [-0.39, 0.29) is 29.1 Å². The van der Waals surface area contributed by atoms with E-state index in [2.05, 4.69) is 20.4 Å². The summed E-state index contributed by atoms with van der Waals surface area (Å²) in [4.78, 5) is 21.9. The minimum absolute atomic E-state index is 0.0802. The molecule has 4 aromatic rings. The molecule has 1 unspecified atom stereocenters. The van der Waals surface area contributed by atoms with Crippen LogP contribution in [0.2, 0.25) is 5.02 Å². The van der Waals surface area contributed by atoms with E-state index in [4.69, 9.17) is 17.3 Å². The highest BCUT2D eigenvalue weighted by molar-refractivity contribution is 6.31. The third-order valence-electron chi connectivity index (χ3n) is 6.01. The quantitative estimate of drug-likeness (QED) is 0.426. The summed E-state index contributed by atoms with van der Waals surface area (Å²) in [5, 5.41) is 7.99. The van der Waals surface area contributed by atoms with Gasteiger partial charge in [0, 0.05) is 10.4 Å². The third kappa shape index (κ3) is 3.54. The molecule has 0 radical (unpaired) electrons. The summed E-state index contributed by atoms with van der Waals surface area (Å²) in [7, 11) is 0. The van der Waals surface area contributed by atoms with Gasteiger partial charge in [-0.3, -0.25) is 9.48 Å². The number of alkyl halides is 3. The first-order valence-corrected chi connectivity index (χ1v) is 10.7. The summed E-state index contributed by atoms with van der Waals surface area (Å²) in [5.41, 5.74) is 7.05. The number of aryl methyl sites for hydroxylation is 1. The highest BCUT2D eigenvalue weighted by Gasteiger charge is 2.47. The van der Waals surface area contributed by atoms with Gasteiger partial charge in [0.15, 0.2) is 5.82 Å². The minimum Gasteiger partial charge on any atom is -0.383 e.